The Balaban J connectivity index is 3.71. The third-order valence-electron chi connectivity index (χ3n) is 2.53. The van der Waals surface area contributed by atoms with Crippen molar-refractivity contribution in [1.82, 2.24) is 5.32 Å². The van der Waals surface area contributed by atoms with Crippen LogP contribution in [0.3, 0.4) is 0 Å². The van der Waals surface area contributed by atoms with Crippen molar-refractivity contribution in [3.05, 3.63) is 0 Å². The minimum Gasteiger partial charge on any atom is -0.373 e. The maximum atomic E-state index is 11.6. The van der Waals surface area contributed by atoms with E-state index >= 15 is 0 Å². The predicted octanol–water partition coefficient (Wildman–Crippen LogP) is 3.52. The lowest BCUT2D eigenvalue weighted by Crippen LogP contribution is -2.29. The van der Waals surface area contributed by atoms with Crippen LogP contribution in [0.5, 0.6) is 0 Å². The monoisotopic (exact) mass is 257 g/mol. The fourth-order valence-electron chi connectivity index (χ4n) is 1.66. The lowest BCUT2D eigenvalue weighted by molar-refractivity contribution is -0.122. The van der Waals surface area contributed by atoms with Crippen molar-refractivity contribution in [2.75, 3.05) is 6.54 Å². The normalized spacial score (nSPS) is 14.4. The molecular weight excluding hydrogens is 226 g/mol. The first-order chi connectivity index (χ1) is 7.99. The number of carbonyl (C=O) groups excluding carboxylic acids is 1. The summed E-state index contributed by atoms with van der Waals surface area (Å²) in [6, 6.07) is 0. The Morgan fingerprint density at radius 3 is 2.17 bits per heavy atom. The average molecular weight is 257 g/mol. The molecule has 3 nitrogen and oxygen atoms in total. The molecule has 3 heteroatoms. The van der Waals surface area contributed by atoms with Crippen LogP contribution in [0.2, 0.25) is 0 Å². The van der Waals surface area contributed by atoms with E-state index in [4.69, 9.17) is 4.74 Å². The molecule has 0 aromatic heterocycles. The van der Waals surface area contributed by atoms with Gasteiger partial charge in [0.05, 0.1) is 11.7 Å². The molecule has 0 aliphatic heterocycles. The Hall–Kier alpha value is -0.570. The van der Waals surface area contributed by atoms with Crippen LogP contribution in [0.15, 0.2) is 0 Å². The zero-order chi connectivity index (χ0) is 14.4. The second-order valence-corrected chi connectivity index (χ2v) is 7.24. The summed E-state index contributed by atoms with van der Waals surface area (Å²) in [5.41, 5.74) is 0.137. The molecule has 18 heavy (non-hydrogen) atoms. The first-order valence-corrected chi connectivity index (χ1v) is 6.94. The minimum absolute atomic E-state index is 0.123. The summed E-state index contributed by atoms with van der Waals surface area (Å²) in [5, 5.41) is 2.96. The molecule has 1 atom stereocenters. The van der Waals surface area contributed by atoms with Crippen LogP contribution in [0.4, 0.5) is 0 Å². The molecule has 1 N–H and O–H groups in total. The fourth-order valence-corrected chi connectivity index (χ4v) is 1.66. The van der Waals surface area contributed by atoms with Crippen molar-refractivity contribution < 1.29 is 9.53 Å². The molecule has 0 fully saturated rings. The average Bonchev–Trinajstić information content (AvgIpc) is 2.09. The number of carbonyl (C=O) groups is 1. The fraction of sp³-hybridized carbons (Fsp3) is 0.933. The van der Waals surface area contributed by atoms with Gasteiger partial charge in [-0.1, -0.05) is 20.8 Å². The molecule has 1 amide bonds. The Morgan fingerprint density at radius 2 is 1.72 bits per heavy atom. The first-order valence-electron chi connectivity index (χ1n) is 6.94. The third-order valence-corrected chi connectivity index (χ3v) is 2.53. The maximum absolute atomic E-state index is 11.6. The second-order valence-electron chi connectivity index (χ2n) is 7.24. The summed E-state index contributed by atoms with van der Waals surface area (Å²) in [6.07, 6.45) is 2.45. The van der Waals surface area contributed by atoms with Gasteiger partial charge in [-0.3, -0.25) is 4.79 Å². The third kappa shape index (κ3) is 11.9. The molecule has 0 saturated heterocycles. The Kier molecular flexibility index (Phi) is 6.90. The summed E-state index contributed by atoms with van der Waals surface area (Å²) < 4.78 is 5.77. The van der Waals surface area contributed by atoms with Gasteiger partial charge in [-0.15, -0.1) is 0 Å². The summed E-state index contributed by atoms with van der Waals surface area (Å²) in [7, 11) is 0. The van der Waals surface area contributed by atoms with Crippen LogP contribution >= 0.6 is 0 Å². The van der Waals surface area contributed by atoms with E-state index in [1.54, 1.807) is 0 Å². The van der Waals surface area contributed by atoms with E-state index < -0.39 is 0 Å². The van der Waals surface area contributed by atoms with Gasteiger partial charge in [-0.05, 0) is 46.0 Å². The van der Waals surface area contributed by atoms with E-state index in [9.17, 15) is 4.79 Å². The Morgan fingerprint density at radius 1 is 1.17 bits per heavy atom. The van der Waals surface area contributed by atoms with Gasteiger partial charge in [-0.25, -0.2) is 0 Å². The second kappa shape index (κ2) is 7.13. The quantitative estimate of drug-likeness (QED) is 0.790. The Labute approximate surface area is 113 Å². The van der Waals surface area contributed by atoms with Crippen molar-refractivity contribution in [3.8, 4) is 0 Å². The zero-order valence-corrected chi connectivity index (χ0v) is 13.2. The van der Waals surface area contributed by atoms with Gasteiger partial charge < -0.3 is 10.1 Å². The zero-order valence-electron chi connectivity index (χ0n) is 13.2. The molecule has 0 heterocycles. The largest absolute Gasteiger partial charge is 0.373 e. The van der Waals surface area contributed by atoms with Crippen LogP contribution in [0.1, 0.15) is 67.7 Å². The molecule has 0 rings (SSSR count). The van der Waals surface area contributed by atoms with Gasteiger partial charge in [0.15, 0.2) is 0 Å². The molecule has 0 spiro atoms. The van der Waals surface area contributed by atoms with Crippen LogP contribution in [0.25, 0.3) is 0 Å². The molecule has 0 aromatic rings. The highest BCUT2D eigenvalue weighted by Crippen LogP contribution is 2.17. The lowest BCUT2D eigenvalue weighted by Gasteiger charge is -2.25. The number of ether oxygens (including phenoxy) is 1. The number of amides is 1. The van der Waals surface area contributed by atoms with Gasteiger partial charge in [-0.2, -0.15) is 0 Å². The van der Waals surface area contributed by atoms with E-state index in [1.807, 2.05) is 27.7 Å². The van der Waals surface area contributed by atoms with Crippen molar-refractivity contribution in [1.29, 1.82) is 0 Å². The molecule has 0 saturated carbocycles. The van der Waals surface area contributed by atoms with E-state index in [0.29, 0.717) is 6.42 Å². The number of hydrogen-bond donors (Lipinski definition) is 1. The topological polar surface area (TPSA) is 38.3 Å². The van der Waals surface area contributed by atoms with Crippen LogP contribution in [-0.4, -0.2) is 24.2 Å². The molecule has 1 unspecified atom stereocenters. The highest BCUT2D eigenvalue weighted by Gasteiger charge is 2.16. The van der Waals surface area contributed by atoms with Crippen molar-refractivity contribution in [2.24, 2.45) is 5.41 Å². The number of hydrogen-bond acceptors (Lipinski definition) is 2. The molecule has 0 bridgehead atoms. The highest BCUT2D eigenvalue weighted by molar-refractivity contribution is 5.75. The van der Waals surface area contributed by atoms with Crippen LogP contribution in [-0.2, 0) is 9.53 Å². The van der Waals surface area contributed by atoms with Gasteiger partial charge in [0, 0.05) is 13.0 Å². The predicted molar refractivity (Wildman–Crippen MR) is 76.6 cm³/mol. The number of rotatable bonds is 6. The number of nitrogens with one attached hydrogen (secondary N) is 1. The lowest BCUT2D eigenvalue weighted by atomic mass is 9.92. The van der Waals surface area contributed by atoms with Crippen molar-refractivity contribution in [3.63, 3.8) is 0 Å². The SMILES string of the molecule is CC(CCC(=O)NCCC(C)(C)C)OC(C)(C)C. The first kappa shape index (κ1) is 17.4. The van der Waals surface area contributed by atoms with E-state index in [-0.39, 0.29) is 23.0 Å². The van der Waals surface area contributed by atoms with Gasteiger partial charge in [0.1, 0.15) is 0 Å². The van der Waals surface area contributed by atoms with Gasteiger partial charge in [0.2, 0.25) is 5.91 Å². The smallest absolute Gasteiger partial charge is 0.220 e. The van der Waals surface area contributed by atoms with E-state index in [2.05, 4.69) is 26.1 Å². The van der Waals surface area contributed by atoms with Crippen molar-refractivity contribution >= 4 is 5.91 Å². The Bertz CT molecular complexity index is 248. The summed E-state index contributed by atoms with van der Waals surface area (Å²) in [5.74, 6) is 0.128. The van der Waals surface area contributed by atoms with E-state index in [1.165, 1.54) is 0 Å². The molecular formula is C15H31NO2. The molecule has 108 valence electrons. The maximum Gasteiger partial charge on any atom is 0.220 e. The van der Waals surface area contributed by atoms with Crippen molar-refractivity contribution in [2.45, 2.75) is 79.4 Å². The van der Waals surface area contributed by atoms with Gasteiger partial charge >= 0.3 is 0 Å². The highest BCUT2D eigenvalue weighted by atomic mass is 16.5. The summed E-state index contributed by atoms with van der Waals surface area (Å²) in [4.78, 5) is 11.6. The summed E-state index contributed by atoms with van der Waals surface area (Å²) >= 11 is 0. The molecule has 0 aliphatic carbocycles. The van der Waals surface area contributed by atoms with Gasteiger partial charge in [0.25, 0.3) is 0 Å². The summed E-state index contributed by atoms with van der Waals surface area (Å²) in [6.45, 7) is 15.4. The molecule has 0 aliphatic rings. The molecule has 0 radical (unpaired) electrons. The molecule has 0 aromatic carbocycles. The van der Waals surface area contributed by atoms with E-state index in [0.717, 1.165) is 19.4 Å². The standard InChI is InChI=1S/C15H31NO2/c1-12(18-15(5,6)7)8-9-13(17)16-11-10-14(2,3)4/h12H,8-11H2,1-7H3,(H,16,17). The van der Waals surface area contributed by atoms with Crippen LogP contribution in [0, 0.1) is 5.41 Å². The minimum atomic E-state index is -0.137. The van der Waals surface area contributed by atoms with Crippen LogP contribution < -0.4 is 5.32 Å².